The van der Waals surface area contributed by atoms with Crippen LogP contribution in [0.25, 0.3) is 0 Å². The average Bonchev–Trinajstić information content (AvgIpc) is 2.89. The number of ether oxygens (including phenoxy) is 2. The molecule has 4 rings (SSSR count). The molecule has 174 valence electrons. The van der Waals surface area contributed by atoms with Gasteiger partial charge in [0.05, 0.1) is 25.4 Å². The number of thioether (sulfide) groups is 1. The van der Waals surface area contributed by atoms with E-state index in [0.717, 1.165) is 33.6 Å². The second-order valence-electron chi connectivity index (χ2n) is 8.14. The van der Waals surface area contributed by atoms with Gasteiger partial charge < -0.3 is 25.4 Å². The summed E-state index contributed by atoms with van der Waals surface area (Å²) in [5.74, 6) is 1.39. The lowest BCUT2D eigenvalue weighted by Crippen LogP contribution is -2.38. The number of aliphatic hydroxyl groups excluding tert-OH is 2. The molecule has 3 aromatic carbocycles. The van der Waals surface area contributed by atoms with Gasteiger partial charge in [0.15, 0.2) is 6.29 Å². The topological polar surface area (TPSA) is 84.9 Å². The molecule has 0 aromatic heterocycles. The van der Waals surface area contributed by atoms with Crippen molar-refractivity contribution in [2.45, 2.75) is 37.6 Å². The third-order valence-corrected chi connectivity index (χ3v) is 7.01. The summed E-state index contributed by atoms with van der Waals surface area (Å²) in [5.41, 5.74) is 10.8. The molecule has 0 amide bonds. The van der Waals surface area contributed by atoms with Gasteiger partial charge in [0.25, 0.3) is 0 Å². The van der Waals surface area contributed by atoms with E-state index in [9.17, 15) is 10.2 Å². The van der Waals surface area contributed by atoms with Crippen LogP contribution in [0.5, 0.6) is 0 Å². The molecule has 0 bridgehead atoms. The van der Waals surface area contributed by atoms with E-state index in [-0.39, 0.29) is 31.3 Å². The molecule has 1 aliphatic heterocycles. The molecule has 0 radical (unpaired) electrons. The lowest BCUT2D eigenvalue weighted by Gasteiger charge is -2.43. The van der Waals surface area contributed by atoms with Crippen LogP contribution in [0.2, 0.25) is 0 Å². The van der Waals surface area contributed by atoms with E-state index in [4.69, 9.17) is 15.2 Å². The maximum absolute atomic E-state index is 9.48. The molecule has 0 spiro atoms. The normalized spacial score (nSPS) is 22.9. The Kier molecular flexibility index (Phi) is 8.56. The molecule has 0 saturated carbocycles. The number of benzene rings is 3. The van der Waals surface area contributed by atoms with Crippen molar-refractivity contribution in [1.29, 1.82) is 0 Å². The first-order valence-corrected chi connectivity index (χ1v) is 12.4. The molecule has 1 aliphatic rings. The van der Waals surface area contributed by atoms with Gasteiger partial charge in [0, 0.05) is 29.5 Å². The molecule has 0 aliphatic carbocycles. The van der Waals surface area contributed by atoms with E-state index < -0.39 is 6.29 Å². The van der Waals surface area contributed by atoms with Crippen LogP contribution in [0.1, 0.15) is 46.1 Å². The van der Waals surface area contributed by atoms with Crippen LogP contribution >= 0.6 is 11.8 Å². The van der Waals surface area contributed by atoms with Crippen molar-refractivity contribution in [2.75, 3.05) is 18.1 Å². The predicted octanol–water partition coefficient (Wildman–Crippen LogP) is 4.30. The lowest BCUT2D eigenvalue weighted by atomic mass is 9.84. The maximum atomic E-state index is 9.48. The van der Waals surface area contributed by atoms with Gasteiger partial charge in [-0.25, -0.2) is 0 Å². The summed E-state index contributed by atoms with van der Waals surface area (Å²) < 4.78 is 13.2. The average molecular weight is 466 g/mol. The summed E-state index contributed by atoms with van der Waals surface area (Å²) in [4.78, 5) is 0. The number of hydrogen-bond acceptors (Lipinski definition) is 6. The van der Waals surface area contributed by atoms with Crippen LogP contribution in [-0.2, 0) is 22.6 Å². The van der Waals surface area contributed by atoms with Gasteiger partial charge in [-0.05, 0) is 22.3 Å². The van der Waals surface area contributed by atoms with E-state index in [1.165, 1.54) is 0 Å². The highest BCUT2D eigenvalue weighted by molar-refractivity contribution is 7.99. The third kappa shape index (κ3) is 5.84. The Bertz CT molecular complexity index is 981. The first kappa shape index (κ1) is 24.0. The first-order chi connectivity index (χ1) is 16.2. The summed E-state index contributed by atoms with van der Waals surface area (Å²) in [7, 11) is 0. The van der Waals surface area contributed by atoms with Crippen LogP contribution in [0, 0.1) is 0 Å². The summed E-state index contributed by atoms with van der Waals surface area (Å²) in [6, 6.07) is 26.3. The van der Waals surface area contributed by atoms with Gasteiger partial charge >= 0.3 is 0 Å². The van der Waals surface area contributed by atoms with Gasteiger partial charge in [0.1, 0.15) is 0 Å². The Balaban J connectivity index is 1.72. The van der Waals surface area contributed by atoms with Gasteiger partial charge in [-0.1, -0.05) is 78.9 Å². The SMILES string of the molecule is NCc1ccc(C2OC(CSCCO)C(c3ccccc3)C(c3ccc(CO)cc3)O2)cc1. The summed E-state index contributed by atoms with van der Waals surface area (Å²) in [6.45, 7) is 0.635. The van der Waals surface area contributed by atoms with Crippen LogP contribution < -0.4 is 5.73 Å². The zero-order valence-electron chi connectivity index (χ0n) is 18.5. The van der Waals surface area contributed by atoms with Crippen molar-refractivity contribution < 1.29 is 19.7 Å². The van der Waals surface area contributed by atoms with Crippen molar-refractivity contribution in [2.24, 2.45) is 5.73 Å². The zero-order valence-corrected chi connectivity index (χ0v) is 19.4. The summed E-state index contributed by atoms with van der Waals surface area (Å²) >= 11 is 1.68. The standard InChI is InChI=1S/C27H31NO4S/c28-16-19-6-12-23(13-7-19)27-31-24(18-33-15-14-29)25(21-4-2-1-3-5-21)26(32-27)22-10-8-20(17-30)9-11-22/h1-13,24-27,29-30H,14-18,28H2. The summed E-state index contributed by atoms with van der Waals surface area (Å²) in [5, 5.41) is 18.8. The molecule has 4 unspecified atom stereocenters. The molecule has 4 atom stereocenters. The fourth-order valence-electron chi connectivity index (χ4n) is 4.23. The van der Waals surface area contributed by atoms with Crippen molar-refractivity contribution in [3.05, 3.63) is 107 Å². The monoisotopic (exact) mass is 465 g/mol. The van der Waals surface area contributed by atoms with Crippen molar-refractivity contribution in [3.8, 4) is 0 Å². The molecule has 1 saturated heterocycles. The molecule has 6 heteroatoms. The van der Waals surface area contributed by atoms with Crippen LogP contribution in [0.4, 0.5) is 0 Å². The van der Waals surface area contributed by atoms with E-state index >= 15 is 0 Å². The van der Waals surface area contributed by atoms with E-state index in [1.807, 2.05) is 66.7 Å². The van der Waals surface area contributed by atoms with E-state index in [0.29, 0.717) is 12.3 Å². The quantitative estimate of drug-likeness (QED) is 0.409. The minimum Gasteiger partial charge on any atom is -0.396 e. The molecule has 33 heavy (non-hydrogen) atoms. The Morgan fingerprint density at radius 1 is 0.758 bits per heavy atom. The number of aliphatic hydroxyl groups is 2. The molecule has 3 aromatic rings. The smallest absolute Gasteiger partial charge is 0.184 e. The molecular formula is C27H31NO4S. The fraction of sp³-hybridized carbons (Fsp3) is 0.333. The lowest BCUT2D eigenvalue weighted by molar-refractivity contribution is -0.255. The van der Waals surface area contributed by atoms with Gasteiger partial charge in [-0.2, -0.15) is 11.8 Å². The molecule has 5 nitrogen and oxygen atoms in total. The van der Waals surface area contributed by atoms with Gasteiger partial charge in [0.2, 0.25) is 0 Å². The highest BCUT2D eigenvalue weighted by Crippen LogP contribution is 2.47. The second kappa shape index (κ2) is 11.8. The highest BCUT2D eigenvalue weighted by Gasteiger charge is 2.41. The second-order valence-corrected chi connectivity index (χ2v) is 9.29. The Morgan fingerprint density at radius 3 is 2.06 bits per heavy atom. The summed E-state index contributed by atoms with van der Waals surface area (Å²) in [6.07, 6.45) is -0.855. The molecule has 1 fully saturated rings. The van der Waals surface area contributed by atoms with Crippen LogP contribution in [-0.4, -0.2) is 34.4 Å². The number of nitrogens with two attached hydrogens (primary N) is 1. The number of rotatable bonds is 9. The largest absolute Gasteiger partial charge is 0.396 e. The number of hydrogen-bond donors (Lipinski definition) is 3. The highest BCUT2D eigenvalue weighted by atomic mass is 32.2. The van der Waals surface area contributed by atoms with Crippen molar-refractivity contribution in [3.63, 3.8) is 0 Å². The van der Waals surface area contributed by atoms with Crippen molar-refractivity contribution in [1.82, 2.24) is 0 Å². The molecule has 4 N–H and O–H groups in total. The van der Waals surface area contributed by atoms with Crippen LogP contribution in [0.15, 0.2) is 78.9 Å². The maximum Gasteiger partial charge on any atom is 0.184 e. The van der Waals surface area contributed by atoms with Gasteiger partial charge in [-0.3, -0.25) is 0 Å². The first-order valence-electron chi connectivity index (χ1n) is 11.3. The Morgan fingerprint density at radius 2 is 1.42 bits per heavy atom. The van der Waals surface area contributed by atoms with E-state index in [2.05, 4.69) is 12.1 Å². The fourth-order valence-corrected chi connectivity index (χ4v) is 5.04. The molecular weight excluding hydrogens is 434 g/mol. The van der Waals surface area contributed by atoms with E-state index in [1.54, 1.807) is 11.8 Å². The van der Waals surface area contributed by atoms with Gasteiger partial charge in [-0.15, -0.1) is 0 Å². The minimum absolute atomic E-state index is 0.00751. The third-order valence-electron chi connectivity index (χ3n) is 5.98. The van der Waals surface area contributed by atoms with Crippen LogP contribution in [0.3, 0.4) is 0 Å². The molecule has 1 heterocycles. The minimum atomic E-state index is -0.515. The Labute approximate surface area is 199 Å². The zero-order chi connectivity index (χ0) is 23.0. The predicted molar refractivity (Wildman–Crippen MR) is 132 cm³/mol. The Hall–Kier alpha value is -2.19. The van der Waals surface area contributed by atoms with Crippen molar-refractivity contribution >= 4 is 11.8 Å².